The van der Waals surface area contributed by atoms with Crippen molar-refractivity contribution in [2.24, 2.45) is 11.7 Å². The number of rotatable bonds is 9. The Bertz CT molecular complexity index is 236. The fourth-order valence-electron chi connectivity index (χ4n) is 1.39. The molecule has 0 aromatic heterocycles. The zero-order valence-corrected chi connectivity index (χ0v) is 10.6. The van der Waals surface area contributed by atoms with Crippen molar-refractivity contribution in [3.63, 3.8) is 0 Å². The van der Waals surface area contributed by atoms with Crippen molar-refractivity contribution in [2.45, 2.75) is 39.5 Å². The maximum atomic E-state index is 11.6. The lowest BCUT2D eigenvalue weighted by Crippen LogP contribution is -2.30. The Hall–Kier alpha value is -0.130. The predicted octanol–water partition coefficient (Wildman–Crippen LogP) is 1.08. The van der Waals surface area contributed by atoms with E-state index in [9.17, 15) is 8.42 Å². The Morgan fingerprint density at radius 2 is 1.80 bits per heavy atom. The lowest BCUT2D eigenvalue weighted by atomic mass is 10.1. The van der Waals surface area contributed by atoms with E-state index in [4.69, 9.17) is 5.73 Å². The molecule has 0 spiro atoms. The molecule has 0 bridgehead atoms. The van der Waals surface area contributed by atoms with Gasteiger partial charge < -0.3 is 5.73 Å². The van der Waals surface area contributed by atoms with Gasteiger partial charge in [0.1, 0.15) is 0 Å². The van der Waals surface area contributed by atoms with E-state index in [-0.39, 0.29) is 11.7 Å². The fraction of sp³-hybridized carbons (Fsp3) is 1.00. The average molecular weight is 236 g/mol. The number of hydrogen-bond donors (Lipinski definition) is 2. The fourth-order valence-corrected chi connectivity index (χ4v) is 3.06. The molecule has 0 rings (SSSR count). The van der Waals surface area contributed by atoms with Gasteiger partial charge in [0, 0.05) is 6.54 Å². The predicted molar refractivity (Wildman–Crippen MR) is 64.1 cm³/mol. The van der Waals surface area contributed by atoms with Crippen molar-refractivity contribution in [1.29, 1.82) is 0 Å². The number of hydrogen-bond acceptors (Lipinski definition) is 3. The summed E-state index contributed by atoms with van der Waals surface area (Å²) in [6, 6.07) is 0. The minimum absolute atomic E-state index is 0.253. The van der Waals surface area contributed by atoms with Gasteiger partial charge in [-0.3, -0.25) is 0 Å². The third-order valence-corrected chi connectivity index (χ3v) is 4.12. The minimum Gasteiger partial charge on any atom is -0.330 e. The van der Waals surface area contributed by atoms with Gasteiger partial charge in [0.15, 0.2) is 0 Å². The quantitative estimate of drug-likeness (QED) is 0.588. The van der Waals surface area contributed by atoms with Gasteiger partial charge in [-0.2, -0.15) is 0 Å². The Morgan fingerprint density at radius 1 is 1.20 bits per heavy atom. The van der Waals surface area contributed by atoms with E-state index in [0.717, 1.165) is 25.7 Å². The van der Waals surface area contributed by atoms with Gasteiger partial charge in [0.05, 0.1) is 5.75 Å². The van der Waals surface area contributed by atoms with E-state index in [0.29, 0.717) is 13.1 Å². The highest BCUT2D eigenvalue weighted by molar-refractivity contribution is 7.89. The molecule has 0 atom stereocenters. The van der Waals surface area contributed by atoms with Crippen LogP contribution in [0.4, 0.5) is 0 Å². The summed E-state index contributed by atoms with van der Waals surface area (Å²) in [4.78, 5) is 0. The van der Waals surface area contributed by atoms with Crippen LogP contribution in [0.5, 0.6) is 0 Å². The van der Waals surface area contributed by atoms with E-state index < -0.39 is 10.0 Å². The summed E-state index contributed by atoms with van der Waals surface area (Å²) < 4.78 is 25.8. The number of nitrogens with one attached hydrogen (secondary N) is 1. The highest BCUT2D eigenvalue weighted by atomic mass is 32.2. The second-order valence-corrected chi connectivity index (χ2v) is 5.71. The van der Waals surface area contributed by atoms with E-state index in [1.807, 2.05) is 13.8 Å². The Labute approximate surface area is 93.7 Å². The van der Waals surface area contributed by atoms with Crippen LogP contribution in [-0.2, 0) is 10.0 Å². The molecular weight excluding hydrogens is 212 g/mol. The lowest BCUT2D eigenvalue weighted by Gasteiger charge is -2.13. The molecule has 0 amide bonds. The molecule has 0 radical (unpaired) electrons. The topological polar surface area (TPSA) is 72.2 Å². The van der Waals surface area contributed by atoms with Crippen molar-refractivity contribution in [3.05, 3.63) is 0 Å². The van der Waals surface area contributed by atoms with Gasteiger partial charge in [-0.25, -0.2) is 13.1 Å². The SMILES string of the molecule is CCC(CC)CS(=O)(=O)NCCCCN. The zero-order valence-electron chi connectivity index (χ0n) is 9.83. The van der Waals surface area contributed by atoms with Crippen LogP contribution in [0.2, 0.25) is 0 Å². The third kappa shape index (κ3) is 7.76. The first-order valence-corrected chi connectivity index (χ1v) is 7.38. The maximum Gasteiger partial charge on any atom is 0.211 e. The first-order chi connectivity index (χ1) is 7.05. The molecule has 0 saturated carbocycles. The lowest BCUT2D eigenvalue weighted by molar-refractivity contribution is 0.515. The highest BCUT2D eigenvalue weighted by Crippen LogP contribution is 2.09. The molecule has 0 fully saturated rings. The van der Waals surface area contributed by atoms with Crippen LogP contribution in [-0.4, -0.2) is 27.3 Å². The Morgan fingerprint density at radius 3 is 2.27 bits per heavy atom. The molecule has 92 valence electrons. The second kappa shape index (κ2) is 8.07. The summed E-state index contributed by atoms with van der Waals surface area (Å²) in [5, 5.41) is 0. The standard InChI is InChI=1S/C10H24N2O2S/c1-3-10(4-2)9-15(13,14)12-8-6-5-7-11/h10,12H,3-9,11H2,1-2H3. The third-order valence-electron chi connectivity index (χ3n) is 2.56. The number of nitrogens with two attached hydrogens (primary N) is 1. The van der Waals surface area contributed by atoms with Crippen LogP contribution in [0.25, 0.3) is 0 Å². The van der Waals surface area contributed by atoms with Crippen LogP contribution >= 0.6 is 0 Å². The smallest absolute Gasteiger partial charge is 0.211 e. The molecule has 0 aromatic rings. The summed E-state index contributed by atoms with van der Waals surface area (Å²) in [6.07, 6.45) is 3.52. The van der Waals surface area contributed by atoms with Gasteiger partial charge in [-0.05, 0) is 25.3 Å². The van der Waals surface area contributed by atoms with Crippen molar-refractivity contribution in [2.75, 3.05) is 18.8 Å². The van der Waals surface area contributed by atoms with Gasteiger partial charge in [-0.15, -0.1) is 0 Å². The van der Waals surface area contributed by atoms with Gasteiger partial charge >= 0.3 is 0 Å². The van der Waals surface area contributed by atoms with E-state index in [2.05, 4.69) is 4.72 Å². The zero-order chi connectivity index (χ0) is 11.7. The molecule has 0 aliphatic rings. The van der Waals surface area contributed by atoms with Crippen LogP contribution < -0.4 is 10.5 Å². The summed E-state index contributed by atoms with van der Waals surface area (Å²) in [6.45, 7) is 5.18. The first-order valence-electron chi connectivity index (χ1n) is 5.73. The molecular formula is C10H24N2O2S. The summed E-state index contributed by atoms with van der Waals surface area (Å²) >= 11 is 0. The van der Waals surface area contributed by atoms with Crippen molar-refractivity contribution in [3.8, 4) is 0 Å². The van der Waals surface area contributed by atoms with E-state index >= 15 is 0 Å². The highest BCUT2D eigenvalue weighted by Gasteiger charge is 2.15. The molecule has 0 aliphatic carbocycles. The van der Waals surface area contributed by atoms with Gasteiger partial charge in [-0.1, -0.05) is 26.7 Å². The van der Waals surface area contributed by atoms with Crippen molar-refractivity contribution in [1.82, 2.24) is 4.72 Å². The molecule has 0 heterocycles. The normalized spacial score (nSPS) is 12.3. The minimum atomic E-state index is -3.08. The number of sulfonamides is 1. The number of unbranched alkanes of at least 4 members (excludes halogenated alkanes) is 1. The molecule has 0 aliphatic heterocycles. The van der Waals surface area contributed by atoms with E-state index in [1.165, 1.54) is 0 Å². The summed E-state index contributed by atoms with van der Waals surface area (Å²) in [5.41, 5.74) is 5.32. The maximum absolute atomic E-state index is 11.6. The average Bonchev–Trinajstić information content (AvgIpc) is 2.21. The molecule has 0 unspecified atom stereocenters. The van der Waals surface area contributed by atoms with Crippen LogP contribution in [0.15, 0.2) is 0 Å². The molecule has 15 heavy (non-hydrogen) atoms. The van der Waals surface area contributed by atoms with Gasteiger partial charge in [0.25, 0.3) is 0 Å². The molecule has 4 nitrogen and oxygen atoms in total. The second-order valence-electron chi connectivity index (χ2n) is 3.85. The van der Waals surface area contributed by atoms with Crippen LogP contribution in [0, 0.1) is 5.92 Å². The Balaban J connectivity index is 3.86. The monoisotopic (exact) mass is 236 g/mol. The summed E-state index contributed by atoms with van der Waals surface area (Å²) in [7, 11) is -3.08. The molecule has 3 N–H and O–H groups in total. The van der Waals surface area contributed by atoms with Gasteiger partial charge in [0.2, 0.25) is 10.0 Å². The van der Waals surface area contributed by atoms with Crippen molar-refractivity contribution >= 4 is 10.0 Å². The molecule has 0 saturated heterocycles. The summed E-state index contributed by atoms with van der Waals surface area (Å²) in [5.74, 6) is 0.528. The largest absolute Gasteiger partial charge is 0.330 e. The molecule has 0 aromatic carbocycles. The van der Waals surface area contributed by atoms with Crippen LogP contribution in [0.3, 0.4) is 0 Å². The van der Waals surface area contributed by atoms with E-state index in [1.54, 1.807) is 0 Å². The molecule has 5 heteroatoms. The first kappa shape index (κ1) is 14.9. The van der Waals surface area contributed by atoms with Crippen molar-refractivity contribution < 1.29 is 8.42 Å². The van der Waals surface area contributed by atoms with Crippen LogP contribution in [0.1, 0.15) is 39.5 Å². The Kier molecular flexibility index (Phi) is 8.00.